The fourth-order valence-corrected chi connectivity index (χ4v) is 10.9. The standard InChI is InChI=1S/C30H50O4/c1-24(2)19-11-15-27(6)20(26(19,5)14-12-22(24)31)9-10-21-28(27,7)17-18-30(21,33)29(8)16-13-23(34-29)25(3,4)32/h19-21,23,32-33H,9-18H2,1-8H3/t19-,20+,21+,23+,26+,27+,28+,29-,30+/m0/s1. The normalized spacial score (nSPS) is 54.9. The molecular weight excluding hydrogens is 424 g/mol. The summed E-state index contributed by atoms with van der Waals surface area (Å²) in [6.07, 6.45) is 9.41. The minimum absolute atomic E-state index is 0.0590. The molecule has 4 aliphatic carbocycles. The van der Waals surface area contributed by atoms with Gasteiger partial charge in [0, 0.05) is 11.8 Å². The van der Waals surface area contributed by atoms with Crippen molar-refractivity contribution in [3.8, 4) is 0 Å². The minimum atomic E-state index is -0.891. The molecule has 1 heterocycles. The molecule has 2 N–H and O–H groups in total. The highest BCUT2D eigenvalue weighted by molar-refractivity contribution is 5.85. The van der Waals surface area contributed by atoms with Gasteiger partial charge in [0.2, 0.25) is 0 Å². The van der Waals surface area contributed by atoms with Crippen LogP contribution < -0.4 is 0 Å². The van der Waals surface area contributed by atoms with Crippen LogP contribution in [0, 0.1) is 39.4 Å². The van der Waals surface area contributed by atoms with E-state index in [1.807, 2.05) is 13.8 Å². The van der Waals surface area contributed by atoms with Gasteiger partial charge in [0.1, 0.15) is 5.78 Å². The summed E-state index contributed by atoms with van der Waals surface area (Å²) < 4.78 is 6.57. The van der Waals surface area contributed by atoms with Crippen LogP contribution in [-0.2, 0) is 9.53 Å². The van der Waals surface area contributed by atoms with Gasteiger partial charge in [-0.3, -0.25) is 4.79 Å². The highest BCUT2D eigenvalue weighted by atomic mass is 16.5. The first-order valence-corrected chi connectivity index (χ1v) is 14.1. The van der Waals surface area contributed by atoms with E-state index >= 15 is 0 Å². The van der Waals surface area contributed by atoms with Crippen LogP contribution in [0.1, 0.15) is 120 Å². The van der Waals surface area contributed by atoms with Crippen LogP contribution in [0.15, 0.2) is 0 Å². The van der Waals surface area contributed by atoms with E-state index in [1.165, 1.54) is 0 Å². The van der Waals surface area contributed by atoms with E-state index in [9.17, 15) is 15.0 Å². The number of fused-ring (bicyclic) bond motifs is 5. The summed E-state index contributed by atoms with van der Waals surface area (Å²) in [5.74, 6) is 1.73. The lowest BCUT2D eigenvalue weighted by atomic mass is 9.35. The molecule has 1 saturated heterocycles. The Morgan fingerprint density at radius 3 is 2.03 bits per heavy atom. The van der Waals surface area contributed by atoms with Gasteiger partial charge >= 0.3 is 0 Å². The maximum atomic E-state index is 12.9. The summed E-state index contributed by atoms with van der Waals surface area (Å²) in [6, 6.07) is 0. The Hall–Kier alpha value is -0.450. The molecule has 4 saturated carbocycles. The predicted molar refractivity (Wildman–Crippen MR) is 134 cm³/mol. The average molecular weight is 475 g/mol. The van der Waals surface area contributed by atoms with Gasteiger partial charge in [0.05, 0.1) is 22.9 Å². The van der Waals surface area contributed by atoms with E-state index in [2.05, 4.69) is 41.5 Å². The Morgan fingerprint density at radius 1 is 0.794 bits per heavy atom. The van der Waals surface area contributed by atoms with Crippen molar-refractivity contribution >= 4 is 5.78 Å². The van der Waals surface area contributed by atoms with Crippen LogP contribution in [0.3, 0.4) is 0 Å². The first kappa shape index (κ1) is 25.2. The largest absolute Gasteiger partial charge is 0.388 e. The quantitative estimate of drug-likeness (QED) is 0.510. The molecule has 0 aromatic rings. The molecule has 0 aromatic carbocycles. The maximum absolute atomic E-state index is 12.9. The number of ether oxygens (including phenoxy) is 1. The summed E-state index contributed by atoms with van der Waals surface area (Å²) >= 11 is 0. The van der Waals surface area contributed by atoms with Crippen molar-refractivity contribution < 1.29 is 19.7 Å². The molecule has 9 atom stereocenters. The highest BCUT2D eigenvalue weighted by Gasteiger charge is 2.73. The van der Waals surface area contributed by atoms with Crippen molar-refractivity contribution in [2.45, 2.75) is 143 Å². The Kier molecular flexibility index (Phi) is 5.26. The van der Waals surface area contributed by atoms with E-state index in [-0.39, 0.29) is 33.7 Å². The Labute approximate surface area is 207 Å². The van der Waals surface area contributed by atoms with Gasteiger partial charge in [0.15, 0.2) is 0 Å². The summed E-state index contributed by atoms with van der Waals surface area (Å²) in [4.78, 5) is 12.9. The lowest BCUT2D eigenvalue weighted by Gasteiger charge is -2.69. The zero-order chi connectivity index (χ0) is 25.2. The maximum Gasteiger partial charge on any atom is 0.138 e. The van der Waals surface area contributed by atoms with Crippen LogP contribution in [0.5, 0.6) is 0 Å². The number of ketones is 1. The molecule has 5 aliphatic rings. The molecular formula is C30H50O4. The predicted octanol–water partition coefficient (Wildman–Crippen LogP) is 6.06. The molecule has 194 valence electrons. The van der Waals surface area contributed by atoms with Gasteiger partial charge in [-0.25, -0.2) is 0 Å². The topological polar surface area (TPSA) is 66.8 Å². The molecule has 34 heavy (non-hydrogen) atoms. The van der Waals surface area contributed by atoms with Crippen LogP contribution >= 0.6 is 0 Å². The van der Waals surface area contributed by atoms with E-state index in [4.69, 9.17) is 4.74 Å². The Bertz CT molecular complexity index is 874. The van der Waals surface area contributed by atoms with Gasteiger partial charge in [-0.05, 0) is 113 Å². The number of carbonyl (C=O) groups is 1. The lowest BCUT2D eigenvalue weighted by Crippen LogP contribution is -2.66. The van der Waals surface area contributed by atoms with Crippen molar-refractivity contribution in [2.24, 2.45) is 39.4 Å². The van der Waals surface area contributed by atoms with Crippen molar-refractivity contribution in [2.75, 3.05) is 0 Å². The molecule has 5 fully saturated rings. The third kappa shape index (κ3) is 2.91. The second-order valence-electron chi connectivity index (χ2n) is 15.2. The molecule has 5 rings (SSSR count). The third-order valence-electron chi connectivity index (χ3n) is 13.2. The van der Waals surface area contributed by atoms with Crippen molar-refractivity contribution in [1.29, 1.82) is 0 Å². The molecule has 0 aromatic heterocycles. The summed E-state index contributed by atoms with van der Waals surface area (Å²) in [6.45, 7) is 17.7. The fraction of sp³-hybridized carbons (Fsp3) is 0.967. The number of hydrogen-bond acceptors (Lipinski definition) is 4. The fourth-order valence-electron chi connectivity index (χ4n) is 10.9. The van der Waals surface area contributed by atoms with Gasteiger partial charge in [-0.15, -0.1) is 0 Å². The zero-order valence-electron chi connectivity index (χ0n) is 23.1. The minimum Gasteiger partial charge on any atom is -0.388 e. The molecule has 0 radical (unpaired) electrons. The van der Waals surface area contributed by atoms with Crippen molar-refractivity contribution in [3.63, 3.8) is 0 Å². The van der Waals surface area contributed by atoms with E-state index in [0.717, 1.165) is 64.2 Å². The SMILES string of the molecule is CC(C)(O)[C@H]1CC[C@@](C)([C@@]2(O)CC[C@]3(C)[C@H]2CC[C@@H]2[C@]4(C)CCC(=O)C(C)(C)[C@@H]4CC[C@]23C)O1. The molecule has 0 spiro atoms. The number of hydrogen-bond donors (Lipinski definition) is 2. The number of aliphatic hydroxyl groups is 2. The highest BCUT2D eigenvalue weighted by Crippen LogP contribution is 2.76. The monoisotopic (exact) mass is 474 g/mol. The van der Waals surface area contributed by atoms with Crippen molar-refractivity contribution in [1.82, 2.24) is 0 Å². The summed E-state index contributed by atoms with van der Waals surface area (Å²) in [5.41, 5.74) is -2.16. The van der Waals surface area contributed by atoms with Crippen LogP contribution in [0.4, 0.5) is 0 Å². The Morgan fingerprint density at radius 2 is 1.41 bits per heavy atom. The van der Waals surface area contributed by atoms with E-state index < -0.39 is 16.8 Å². The first-order chi connectivity index (χ1) is 15.5. The first-order valence-electron chi connectivity index (χ1n) is 14.1. The van der Waals surface area contributed by atoms with Crippen LogP contribution in [0.25, 0.3) is 0 Å². The van der Waals surface area contributed by atoms with Crippen LogP contribution in [0.2, 0.25) is 0 Å². The Balaban J connectivity index is 1.49. The smallest absolute Gasteiger partial charge is 0.138 e. The lowest BCUT2D eigenvalue weighted by molar-refractivity contribution is -0.247. The van der Waals surface area contributed by atoms with Gasteiger partial charge < -0.3 is 14.9 Å². The number of carbonyl (C=O) groups excluding carboxylic acids is 1. The third-order valence-corrected chi connectivity index (χ3v) is 13.2. The van der Waals surface area contributed by atoms with Gasteiger partial charge in [-0.2, -0.15) is 0 Å². The zero-order valence-corrected chi connectivity index (χ0v) is 23.1. The summed E-state index contributed by atoms with van der Waals surface area (Å²) in [5, 5.41) is 23.1. The average Bonchev–Trinajstić information content (AvgIpc) is 3.27. The van der Waals surface area contributed by atoms with Crippen molar-refractivity contribution in [3.05, 3.63) is 0 Å². The molecule has 4 nitrogen and oxygen atoms in total. The van der Waals surface area contributed by atoms with E-state index in [1.54, 1.807) is 0 Å². The number of rotatable bonds is 2. The van der Waals surface area contributed by atoms with E-state index in [0.29, 0.717) is 17.6 Å². The van der Waals surface area contributed by atoms with Gasteiger partial charge in [-0.1, -0.05) is 34.6 Å². The molecule has 0 unspecified atom stereocenters. The second kappa shape index (κ2) is 7.10. The second-order valence-corrected chi connectivity index (χ2v) is 15.2. The molecule has 1 aliphatic heterocycles. The van der Waals surface area contributed by atoms with Crippen LogP contribution in [-0.4, -0.2) is 38.9 Å². The summed E-state index contributed by atoms with van der Waals surface area (Å²) in [7, 11) is 0. The van der Waals surface area contributed by atoms with Gasteiger partial charge in [0.25, 0.3) is 0 Å². The number of Topliss-reactive ketones (excluding diaryl/α,β-unsaturated/α-hetero) is 1. The molecule has 0 amide bonds. The molecule has 0 bridgehead atoms. The molecule has 4 heteroatoms.